The number of nitrogens with one attached hydrogen (secondary N) is 2. The maximum Gasteiger partial charge on any atom is 0.494 e. The van der Waals surface area contributed by atoms with Crippen LogP contribution in [0.4, 0.5) is 0 Å². The van der Waals surface area contributed by atoms with Gasteiger partial charge in [0.1, 0.15) is 0 Å². The third-order valence-corrected chi connectivity index (χ3v) is 5.41. The van der Waals surface area contributed by atoms with Gasteiger partial charge in [-0.25, -0.2) is 0 Å². The zero-order chi connectivity index (χ0) is 16.5. The Labute approximate surface area is 140 Å². The Balaban J connectivity index is 1.63. The minimum atomic E-state index is -0.291. The molecule has 2 fully saturated rings. The standard InChI is InChI=1S/C18H29BN2O2/c1-17(2)18(3,4)23-19(22-17)15-7-5-6-14(12-15)13-21-16-8-10-20-11-9-16/h5-7,12,16,20-21H,8-11,13H2,1-4H3. The molecule has 0 amide bonds. The second-order valence-corrected chi connectivity index (χ2v) is 7.74. The Bertz CT molecular complexity index is 526. The van der Waals surface area contributed by atoms with Crippen molar-refractivity contribution in [2.24, 2.45) is 0 Å². The third kappa shape index (κ3) is 3.79. The Hall–Kier alpha value is -0.875. The summed E-state index contributed by atoms with van der Waals surface area (Å²) in [5.74, 6) is 0. The summed E-state index contributed by atoms with van der Waals surface area (Å²) in [4.78, 5) is 0. The van der Waals surface area contributed by atoms with Crippen molar-refractivity contribution >= 4 is 12.6 Å². The van der Waals surface area contributed by atoms with E-state index in [-0.39, 0.29) is 18.3 Å². The lowest BCUT2D eigenvalue weighted by molar-refractivity contribution is 0.00578. The molecule has 0 saturated carbocycles. The third-order valence-electron chi connectivity index (χ3n) is 5.41. The zero-order valence-electron chi connectivity index (χ0n) is 14.8. The Morgan fingerprint density at radius 2 is 1.78 bits per heavy atom. The predicted octanol–water partition coefficient (Wildman–Crippen LogP) is 1.83. The van der Waals surface area contributed by atoms with E-state index in [0.717, 1.165) is 25.1 Å². The van der Waals surface area contributed by atoms with Crippen LogP contribution in [0.25, 0.3) is 0 Å². The molecule has 0 aliphatic carbocycles. The molecule has 5 heteroatoms. The van der Waals surface area contributed by atoms with Crippen molar-refractivity contribution in [2.45, 2.75) is 64.3 Å². The number of benzene rings is 1. The molecule has 2 aliphatic rings. The van der Waals surface area contributed by atoms with Crippen molar-refractivity contribution in [3.8, 4) is 0 Å². The van der Waals surface area contributed by atoms with Gasteiger partial charge in [-0.3, -0.25) is 0 Å². The largest absolute Gasteiger partial charge is 0.494 e. The lowest BCUT2D eigenvalue weighted by atomic mass is 9.78. The molecule has 126 valence electrons. The van der Waals surface area contributed by atoms with Crippen molar-refractivity contribution < 1.29 is 9.31 Å². The average molecular weight is 316 g/mol. The van der Waals surface area contributed by atoms with Gasteiger partial charge in [-0.2, -0.15) is 0 Å². The molecule has 2 aliphatic heterocycles. The van der Waals surface area contributed by atoms with Gasteiger partial charge < -0.3 is 19.9 Å². The first kappa shape index (κ1) is 17.0. The fourth-order valence-corrected chi connectivity index (χ4v) is 3.12. The maximum atomic E-state index is 6.15. The monoisotopic (exact) mass is 316 g/mol. The van der Waals surface area contributed by atoms with E-state index in [0.29, 0.717) is 6.04 Å². The SMILES string of the molecule is CC1(C)OB(c2cccc(CNC3CCNCC3)c2)OC1(C)C. The Kier molecular flexibility index (Phi) is 4.84. The van der Waals surface area contributed by atoms with Crippen LogP contribution >= 0.6 is 0 Å². The Morgan fingerprint density at radius 1 is 1.13 bits per heavy atom. The summed E-state index contributed by atoms with van der Waals surface area (Å²) in [5.41, 5.74) is 1.81. The summed E-state index contributed by atoms with van der Waals surface area (Å²) in [6.07, 6.45) is 2.41. The molecule has 1 aromatic rings. The van der Waals surface area contributed by atoms with E-state index in [1.807, 2.05) is 0 Å². The van der Waals surface area contributed by atoms with E-state index in [1.54, 1.807) is 0 Å². The van der Waals surface area contributed by atoms with Gasteiger partial charge in [-0.1, -0.05) is 24.3 Å². The molecule has 0 radical (unpaired) electrons. The minimum absolute atomic E-state index is 0.279. The predicted molar refractivity (Wildman–Crippen MR) is 94.9 cm³/mol. The first-order chi connectivity index (χ1) is 10.9. The van der Waals surface area contributed by atoms with Crippen LogP contribution in [-0.4, -0.2) is 37.5 Å². The first-order valence-corrected chi connectivity index (χ1v) is 8.76. The summed E-state index contributed by atoms with van der Waals surface area (Å²) in [6.45, 7) is 11.5. The molecule has 0 unspecified atom stereocenters. The molecule has 2 saturated heterocycles. The first-order valence-electron chi connectivity index (χ1n) is 8.76. The molecule has 3 rings (SSSR count). The summed E-state index contributed by atoms with van der Waals surface area (Å²) < 4.78 is 12.3. The van der Waals surface area contributed by atoms with Crippen LogP contribution in [0.5, 0.6) is 0 Å². The highest BCUT2D eigenvalue weighted by Crippen LogP contribution is 2.36. The van der Waals surface area contributed by atoms with Crippen LogP contribution in [0.15, 0.2) is 24.3 Å². The van der Waals surface area contributed by atoms with Crippen LogP contribution in [-0.2, 0) is 15.9 Å². The highest BCUT2D eigenvalue weighted by Gasteiger charge is 2.51. The molecule has 2 heterocycles. The average Bonchev–Trinajstić information content (AvgIpc) is 2.75. The van der Waals surface area contributed by atoms with E-state index in [9.17, 15) is 0 Å². The normalized spacial score (nSPS) is 24.1. The van der Waals surface area contributed by atoms with Crippen LogP contribution in [0.1, 0.15) is 46.1 Å². The molecular weight excluding hydrogens is 287 g/mol. The number of hydrogen-bond acceptors (Lipinski definition) is 4. The maximum absolute atomic E-state index is 6.15. The summed E-state index contributed by atoms with van der Waals surface area (Å²) in [7, 11) is -0.279. The molecule has 23 heavy (non-hydrogen) atoms. The van der Waals surface area contributed by atoms with Crippen LogP contribution in [0.3, 0.4) is 0 Å². The highest BCUT2D eigenvalue weighted by atomic mass is 16.7. The van der Waals surface area contributed by atoms with Gasteiger partial charge in [-0.05, 0) is 64.7 Å². The second-order valence-electron chi connectivity index (χ2n) is 7.74. The van der Waals surface area contributed by atoms with Crippen molar-refractivity contribution in [1.82, 2.24) is 10.6 Å². The van der Waals surface area contributed by atoms with Gasteiger partial charge in [0.05, 0.1) is 11.2 Å². The van der Waals surface area contributed by atoms with Crippen LogP contribution < -0.4 is 16.1 Å². The van der Waals surface area contributed by atoms with E-state index < -0.39 is 0 Å². The molecule has 0 spiro atoms. The lowest BCUT2D eigenvalue weighted by Crippen LogP contribution is -2.41. The number of hydrogen-bond donors (Lipinski definition) is 2. The fourth-order valence-electron chi connectivity index (χ4n) is 3.12. The molecule has 2 N–H and O–H groups in total. The fraction of sp³-hybridized carbons (Fsp3) is 0.667. The molecule has 4 nitrogen and oxygen atoms in total. The Morgan fingerprint density at radius 3 is 2.43 bits per heavy atom. The molecule has 1 aromatic carbocycles. The van der Waals surface area contributed by atoms with Gasteiger partial charge in [0.25, 0.3) is 0 Å². The minimum Gasteiger partial charge on any atom is -0.399 e. The quantitative estimate of drug-likeness (QED) is 0.832. The zero-order valence-corrected chi connectivity index (χ0v) is 14.8. The van der Waals surface area contributed by atoms with Gasteiger partial charge >= 0.3 is 7.12 Å². The van der Waals surface area contributed by atoms with Crippen LogP contribution in [0.2, 0.25) is 0 Å². The van der Waals surface area contributed by atoms with Crippen molar-refractivity contribution in [3.05, 3.63) is 29.8 Å². The van der Waals surface area contributed by atoms with E-state index in [4.69, 9.17) is 9.31 Å². The number of rotatable bonds is 4. The highest BCUT2D eigenvalue weighted by molar-refractivity contribution is 6.62. The smallest absolute Gasteiger partial charge is 0.399 e. The van der Waals surface area contributed by atoms with E-state index in [2.05, 4.69) is 62.6 Å². The number of piperidine rings is 1. The topological polar surface area (TPSA) is 42.5 Å². The molecule has 0 atom stereocenters. The van der Waals surface area contributed by atoms with Gasteiger partial charge in [0.15, 0.2) is 0 Å². The summed E-state index contributed by atoms with van der Waals surface area (Å²) in [6, 6.07) is 9.19. The van der Waals surface area contributed by atoms with Gasteiger partial charge in [0, 0.05) is 12.6 Å². The second kappa shape index (κ2) is 6.56. The van der Waals surface area contributed by atoms with E-state index >= 15 is 0 Å². The summed E-state index contributed by atoms with van der Waals surface area (Å²) >= 11 is 0. The molecular formula is C18H29BN2O2. The van der Waals surface area contributed by atoms with Crippen LogP contribution in [0, 0.1) is 0 Å². The lowest BCUT2D eigenvalue weighted by Gasteiger charge is -2.32. The van der Waals surface area contributed by atoms with Crippen molar-refractivity contribution in [3.63, 3.8) is 0 Å². The van der Waals surface area contributed by atoms with Crippen molar-refractivity contribution in [1.29, 1.82) is 0 Å². The van der Waals surface area contributed by atoms with Crippen molar-refractivity contribution in [2.75, 3.05) is 13.1 Å². The van der Waals surface area contributed by atoms with Gasteiger partial charge in [-0.15, -0.1) is 0 Å². The molecule has 0 aromatic heterocycles. The molecule has 0 bridgehead atoms. The van der Waals surface area contributed by atoms with Gasteiger partial charge in [0.2, 0.25) is 0 Å². The summed E-state index contributed by atoms with van der Waals surface area (Å²) in [5, 5.41) is 7.07. The van der Waals surface area contributed by atoms with E-state index in [1.165, 1.54) is 18.4 Å².